The second kappa shape index (κ2) is 3.26. The van der Waals surface area contributed by atoms with Crippen molar-refractivity contribution >= 4 is 33.4 Å². The number of carboxylic acids is 1. The largest absolute Gasteiger partial charge is 0.478 e. The summed E-state index contributed by atoms with van der Waals surface area (Å²) >= 11 is 1.29. The summed E-state index contributed by atoms with van der Waals surface area (Å²) in [6, 6.07) is 5.17. The van der Waals surface area contributed by atoms with Crippen molar-refractivity contribution < 1.29 is 9.90 Å². The van der Waals surface area contributed by atoms with Gasteiger partial charge >= 0.3 is 5.97 Å². The van der Waals surface area contributed by atoms with Gasteiger partial charge in [0.25, 0.3) is 0 Å². The summed E-state index contributed by atoms with van der Waals surface area (Å²) in [7, 11) is 1.73. The van der Waals surface area contributed by atoms with E-state index >= 15 is 0 Å². The monoisotopic (exact) mass is 208 g/mol. The average molecular weight is 208 g/mol. The van der Waals surface area contributed by atoms with E-state index in [1.165, 1.54) is 11.5 Å². The Morgan fingerprint density at radius 3 is 3.00 bits per heavy atom. The number of benzene rings is 1. The van der Waals surface area contributed by atoms with Gasteiger partial charge < -0.3 is 10.4 Å². The van der Waals surface area contributed by atoms with Gasteiger partial charge in [-0.05, 0) is 23.7 Å². The molecule has 0 radical (unpaired) electrons. The van der Waals surface area contributed by atoms with Crippen molar-refractivity contribution in [2.24, 2.45) is 0 Å². The molecule has 1 heterocycles. The van der Waals surface area contributed by atoms with Gasteiger partial charge in [-0.2, -0.15) is 4.37 Å². The highest BCUT2D eigenvalue weighted by atomic mass is 32.1. The normalized spacial score (nSPS) is 10.4. The highest BCUT2D eigenvalue weighted by molar-refractivity contribution is 7.13. The number of carbonyl (C=O) groups is 1. The number of anilines is 1. The molecule has 0 saturated heterocycles. The van der Waals surface area contributed by atoms with Crippen molar-refractivity contribution in [3.63, 3.8) is 0 Å². The van der Waals surface area contributed by atoms with E-state index in [1.54, 1.807) is 19.2 Å². The van der Waals surface area contributed by atoms with Crippen LogP contribution in [0.1, 0.15) is 10.4 Å². The zero-order valence-electron chi connectivity index (χ0n) is 7.44. The molecule has 0 aliphatic carbocycles. The molecule has 0 atom stereocenters. The topological polar surface area (TPSA) is 62.2 Å². The van der Waals surface area contributed by atoms with Crippen LogP contribution in [0.25, 0.3) is 10.1 Å². The van der Waals surface area contributed by atoms with Crippen molar-refractivity contribution in [3.05, 3.63) is 23.8 Å². The predicted octanol–water partition coefficient (Wildman–Crippen LogP) is 2.04. The quantitative estimate of drug-likeness (QED) is 0.792. The lowest BCUT2D eigenvalue weighted by molar-refractivity contribution is 0.0699. The van der Waals surface area contributed by atoms with Crippen molar-refractivity contribution in [2.45, 2.75) is 0 Å². The number of aromatic carboxylic acids is 1. The van der Waals surface area contributed by atoms with Crippen molar-refractivity contribution in [3.8, 4) is 0 Å². The van der Waals surface area contributed by atoms with E-state index in [1.807, 2.05) is 6.07 Å². The van der Waals surface area contributed by atoms with Crippen LogP contribution in [0.2, 0.25) is 0 Å². The third kappa shape index (κ3) is 1.22. The minimum absolute atomic E-state index is 0.292. The molecule has 0 aliphatic heterocycles. The lowest BCUT2D eigenvalue weighted by Crippen LogP contribution is -1.98. The van der Waals surface area contributed by atoms with Crippen LogP contribution < -0.4 is 5.32 Å². The summed E-state index contributed by atoms with van der Waals surface area (Å²) in [5.74, 6) is -0.296. The molecule has 1 aromatic carbocycles. The van der Waals surface area contributed by atoms with Crippen LogP contribution in [0.5, 0.6) is 0 Å². The Bertz CT molecular complexity index is 493. The summed E-state index contributed by atoms with van der Waals surface area (Å²) in [6.45, 7) is 0. The Labute approximate surface area is 84.3 Å². The van der Waals surface area contributed by atoms with E-state index in [2.05, 4.69) is 9.69 Å². The molecular formula is C9H8N2O2S. The zero-order chi connectivity index (χ0) is 10.1. The van der Waals surface area contributed by atoms with E-state index in [4.69, 9.17) is 5.11 Å². The van der Waals surface area contributed by atoms with Gasteiger partial charge in [0.15, 0.2) is 0 Å². The highest BCUT2D eigenvalue weighted by Crippen LogP contribution is 2.29. The fraction of sp³-hybridized carbons (Fsp3) is 0.111. The van der Waals surface area contributed by atoms with Crippen LogP contribution in [0.4, 0.5) is 5.82 Å². The maximum absolute atomic E-state index is 10.9. The molecule has 1 aromatic heterocycles. The van der Waals surface area contributed by atoms with Crippen LogP contribution in [0.3, 0.4) is 0 Å². The Morgan fingerprint density at radius 2 is 2.36 bits per heavy atom. The number of hydrogen-bond donors (Lipinski definition) is 2. The van der Waals surface area contributed by atoms with Crippen LogP contribution >= 0.6 is 11.5 Å². The molecule has 0 saturated carbocycles. The molecule has 5 heteroatoms. The van der Waals surface area contributed by atoms with Gasteiger partial charge in [-0.3, -0.25) is 0 Å². The SMILES string of the molecule is CNc1nsc2cccc(C(=O)O)c12. The minimum atomic E-state index is -0.924. The third-order valence-electron chi connectivity index (χ3n) is 1.97. The van der Waals surface area contributed by atoms with Crippen LogP contribution in [-0.2, 0) is 0 Å². The predicted molar refractivity (Wildman–Crippen MR) is 56.1 cm³/mol. The fourth-order valence-electron chi connectivity index (χ4n) is 1.34. The van der Waals surface area contributed by atoms with Crippen LogP contribution in [0, 0.1) is 0 Å². The fourth-order valence-corrected chi connectivity index (χ4v) is 2.15. The summed E-state index contributed by atoms with van der Waals surface area (Å²) in [5.41, 5.74) is 0.292. The van der Waals surface area contributed by atoms with Gasteiger partial charge in [-0.1, -0.05) is 6.07 Å². The van der Waals surface area contributed by atoms with E-state index in [0.717, 1.165) is 4.70 Å². The Kier molecular flexibility index (Phi) is 2.09. The number of nitrogens with zero attached hydrogens (tertiary/aromatic N) is 1. The van der Waals surface area contributed by atoms with Crippen LogP contribution in [-0.4, -0.2) is 22.5 Å². The van der Waals surface area contributed by atoms with Crippen molar-refractivity contribution in [1.82, 2.24) is 4.37 Å². The molecule has 4 nitrogen and oxygen atoms in total. The molecule has 0 amide bonds. The van der Waals surface area contributed by atoms with E-state index < -0.39 is 5.97 Å². The first-order chi connectivity index (χ1) is 6.74. The Hall–Kier alpha value is -1.62. The van der Waals surface area contributed by atoms with Gasteiger partial charge in [0.1, 0.15) is 5.82 Å². The number of rotatable bonds is 2. The van der Waals surface area contributed by atoms with E-state index in [-0.39, 0.29) is 0 Å². The Balaban J connectivity index is 2.81. The third-order valence-corrected chi connectivity index (χ3v) is 2.78. The average Bonchev–Trinajstić information content (AvgIpc) is 2.59. The number of fused-ring (bicyclic) bond motifs is 1. The molecule has 0 spiro atoms. The number of aromatic nitrogens is 1. The molecule has 0 fully saturated rings. The van der Waals surface area contributed by atoms with Gasteiger partial charge in [-0.25, -0.2) is 4.79 Å². The lowest BCUT2D eigenvalue weighted by atomic mass is 10.1. The first-order valence-electron chi connectivity index (χ1n) is 4.03. The molecule has 0 aliphatic rings. The lowest BCUT2D eigenvalue weighted by Gasteiger charge is -1.99. The van der Waals surface area contributed by atoms with Gasteiger partial charge in [0, 0.05) is 7.05 Å². The van der Waals surface area contributed by atoms with Gasteiger partial charge in [0.05, 0.1) is 15.6 Å². The molecular weight excluding hydrogens is 200 g/mol. The summed E-state index contributed by atoms with van der Waals surface area (Å²) in [6.07, 6.45) is 0. The molecule has 0 unspecified atom stereocenters. The van der Waals surface area contributed by atoms with Crippen LogP contribution in [0.15, 0.2) is 18.2 Å². The van der Waals surface area contributed by atoms with Gasteiger partial charge in [0.2, 0.25) is 0 Å². The molecule has 2 N–H and O–H groups in total. The maximum Gasteiger partial charge on any atom is 0.336 e. The van der Waals surface area contributed by atoms with Gasteiger partial charge in [-0.15, -0.1) is 0 Å². The van der Waals surface area contributed by atoms with Crippen molar-refractivity contribution in [1.29, 1.82) is 0 Å². The van der Waals surface area contributed by atoms with E-state index in [9.17, 15) is 4.79 Å². The number of hydrogen-bond acceptors (Lipinski definition) is 4. The summed E-state index contributed by atoms with van der Waals surface area (Å²) < 4.78 is 5.01. The number of nitrogens with one attached hydrogen (secondary N) is 1. The minimum Gasteiger partial charge on any atom is -0.478 e. The Morgan fingerprint density at radius 1 is 1.57 bits per heavy atom. The molecule has 72 valence electrons. The zero-order valence-corrected chi connectivity index (χ0v) is 8.26. The smallest absolute Gasteiger partial charge is 0.336 e. The first-order valence-corrected chi connectivity index (χ1v) is 4.81. The second-order valence-corrected chi connectivity index (χ2v) is 3.57. The first kappa shape index (κ1) is 8.96. The standard InChI is InChI=1S/C9H8N2O2S/c1-10-8-7-5(9(12)13)3-2-4-6(7)14-11-8/h2-4H,1H3,(H,10,11)(H,12,13). The molecule has 14 heavy (non-hydrogen) atoms. The highest BCUT2D eigenvalue weighted by Gasteiger charge is 2.13. The number of carboxylic acid groups (broad SMARTS) is 1. The molecule has 2 aromatic rings. The second-order valence-electron chi connectivity index (χ2n) is 2.77. The summed E-state index contributed by atoms with van der Waals surface area (Å²) in [4.78, 5) is 10.9. The van der Waals surface area contributed by atoms with Crippen molar-refractivity contribution in [2.75, 3.05) is 12.4 Å². The summed E-state index contributed by atoms with van der Waals surface area (Å²) in [5, 5.41) is 12.5. The maximum atomic E-state index is 10.9. The molecule has 2 rings (SSSR count). The van der Waals surface area contributed by atoms with E-state index in [0.29, 0.717) is 16.8 Å². The molecule has 0 bridgehead atoms.